The highest BCUT2D eigenvalue weighted by Crippen LogP contribution is 2.32. The Morgan fingerprint density at radius 2 is 1.78 bits per heavy atom. The van der Waals surface area contributed by atoms with Crippen molar-refractivity contribution in [1.82, 2.24) is 14.9 Å². The third kappa shape index (κ3) is 6.45. The number of para-hydroxylation sites is 1. The third-order valence-electron chi connectivity index (χ3n) is 6.42. The zero-order chi connectivity index (χ0) is 25.9. The van der Waals surface area contributed by atoms with Crippen LogP contribution in [0.25, 0.3) is 10.9 Å². The maximum Gasteiger partial charge on any atom is 0.306 e. The third-order valence-corrected chi connectivity index (χ3v) is 7.16. The summed E-state index contributed by atoms with van der Waals surface area (Å²) in [5.74, 6) is 0.596. The second-order valence-corrected chi connectivity index (χ2v) is 10.9. The quantitative estimate of drug-likeness (QED) is 0.418. The molecule has 1 fully saturated rings. The van der Waals surface area contributed by atoms with Crippen LogP contribution in [0.5, 0.6) is 0 Å². The van der Waals surface area contributed by atoms with Crippen molar-refractivity contribution < 1.29 is 9.53 Å². The van der Waals surface area contributed by atoms with Crippen LogP contribution in [0.2, 0.25) is 10.0 Å². The summed E-state index contributed by atoms with van der Waals surface area (Å²) in [7, 11) is 0. The Hall–Kier alpha value is -2.45. The predicted molar refractivity (Wildman–Crippen MR) is 146 cm³/mol. The number of nitrogens with two attached hydrogens (primary N) is 1. The number of hydrogen-bond acceptors (Lipinski definition) is 7. The highest BCUT2D eigenvalue weighted by molar-refractivity contribution is 6.42. The van der Waals surface area contributed by atoms with Crippen LogP contribution in [0.3, 0.4) is 0 Å². The number of aromatic nitrogens is 2. The van der Waals surface area contributed by atoms with Crippen LogP contribution in [0.15, 0.2) is 48.8 Å². The van der Waals surface area contributed by atoms with Crippen LogP contribution in [-0.2, 0) is 9.53 Å². The molecule has 0 aliphatic carbocycles. The second kappa shape index (κ2) is 11.3. The Labute approximate surface area is 222 Å². The molecule has 9 heteroatoms. The molecule has 2 atom stereocenters. The Morgan fingerprint density at radius 1 is 1.06 bits per heavy atom. The first-order valence-electron chi connectivity index (χ1n) is 12.2. The second-order valence-electron chi connectivity index (χ2n) is 10.1. The summed E-state index contributed by atoms with van der Waals surface area (Å²) in [6, 6.07) is 13.6. The molecule has 192 valence electrons. The van der Waals surface area contributed by atoms with Crippen molar-refractivity contribution in [3.63, 3.8) is 0 Å². The van der Waals surface area contributed by atoms with E-state index in [0.717, 1.165) is 48.5 Å². The number of esters is 1. The van der Waals surface area contributed by atoms with Gasteiger partial charge in [0.1, 0.15) is 17.7 Å². The molecule has 0 amide bonds. The highest BCUT2D eigenvalue weighted by atomic mass is 35.5. The van der Waals surface area contributed by atoms with Gasteiger partial charge in [0.2, 0.25) is 0 Å². The SMILES string of the molecule is CC(C)(C)OC(=O)CCC(c1ccc(Cl)c(Cl)c1)C(N)N1CCN(c2ncnc3ccccc23)CC1. The minimum atomic E-state index is -0.528. The van der Waals surface area contributed by atoms with Crippen LogP contribution < -0.4 is 10.6 Å². The van der Waals surface area contributed by atoms with Gasteiger partial charge in [-0.15, -0.1) is 0 Å². The van der Waals surface area contributed by atoms with E-state index in [0.29, 0.717) is 16.5 Å². The largest absolute Gasteiger partial charge is 0.460 e. The lowest BCUT2D eigenvalue weighted by Crippen LogP contribution is -2.55. The Kier molecular flexibility index (Phi) is 8.35. The topological polar surface area (TPSA) is 84.6 Å². The van der Waals surface area contributed by atoms with Gasteiger partial charge in [0.05, 0.1) is 21.7 Å². The summed E-state index contributed by atoms with van der Waals surface area (Å²) in [5.41, 5.74) is 8.22. The van der Waals surface area contributed by atoms with Crippen molar-refractivity contribution in [2.24, 2.45) is 5.73 Å². The molecule has 0 bridgehead atoms. The Bertz CT molecular complexity index is 1200. The van der Waals surface area contributed by atoms with Gasteiger partial charge in [-0.3, -0.25) is 9.69 Å². The van der Waals surface area contributed by atoms with Crippen molar-refractivity contribution in [1.29, 1.82) is 0 Å². The van der Waals surface area contributed by atoms with Crippen LogP contribution in [0.1, 0.15) is 45.1 Å². The van der Waals surface area contributed by atoms with E-state index in [1.807, 2.05) is 51.1 Å². The van der Waals surface area contributed by atoms with E-state index in [2.05, 4.69) is 25.8 Å². The lowest BCUT2D eigenvalue weighted by Gasteiger charge is -2.41. The molecule has 7 nitrogen and oxygen atoms in total. The summed E-state index contributed by atoms with van der Waals surface area (Å²) in [6.45, 7) is 8.71. The molecule has 1 aliphatic rings. The van der Waals surface area contributed by atoms with Gasteiger partial charge in [-0.1, -0.05) is 41.4 Å². The monoisotopic (exact) mass is 529 g/mol. The van der Waals surface area contributed by atoms with Gasteiger partial charge in [-0.2, -0.15) is 0 Å². The number of fused-ring (bicyclic) bond motifs is 1. The summed E-state index contributed by atoms with van der Waals surface area (Å²) in [4.78, 5) is 26.0. The first-order chi connectivity index (χ1) is 17.1. The van der Waals surface area contributed by atoms with Crippen molar-refractivity contribution in [2.75, 3.05) is 31.1 Å². The van der Waals surface area contributed by atoms with Crippen molar-refractivity contribution >= 4 is 45.9 Å². The number of nitrogens with zero attached hydrogens (tertiary/aromatic N) is 4. The maximum absolute atomic E-state index is 12.5. The van der Waals surface area contributed by atoms with Gasteiger partial charge in [-0.25, -0.2) is 9.97 Å². The van der Waals surface area contributed by atoms with Gasteiger partial charge in [0.15, 0.2) is 0 Å². The number of piperazine rings is 1. The smallest absolute Gasteiger partial charge is 0.306 e. The fourth-order valence-corrected chi connectivity index (χ4v) is 4.98. The first-order valence-corrected chi connectivity index (χ1v) is 13.0. The van der Waals surface area contributed by atoms with Crippen LogP contribution in [0, 0.1) is 0 Å². The molecule has 0 radical (unpaired) electrons. The van der Waals surface area contributed by atoms with Crippen molar-refractivity contribution in [3.8, 4) is 0 Å². The number of ether oxygens (including phenoxy) is 1. The predicted octanol–water partition coefficient (Wildman–Crippen LogP) is 5.25. The number of rotatable bonds is 7. The van der Waals surface area contributed by atoms with Gasteiger partial charge < -0.3 is 15.4 Å². The number of carbonyl (C=O) groups excluding carboxylic acids is 1. The average molecular weight is 531 g/mol. The summed E-state index contributed by atoms with van der Waals surface area (Å²) in [6.07, 6.45) is 2.13. The molecule has 1 aromatic heterocycles. The molecule has 36 heavy (non-hydrogen) atoms. The maximum atomic E-state index is 12.5. The summed E-state index contributed by atoms with van der Waals surface area (Å²) >= 11 is 12.5. The number of anilines is 1. The van der Waals surface area contributed by atoms with Crippen LogP contribution in [-0.4, -0.2) is 58.8 Å². The van der Waals surface area contributed by atoms with E-state index < -0.39 is 5.60 Å². The number of hydrogen-bond donors (Lipinski definition) is 1. The van der Waals surface area contributed by atoms with Gasteiger partial charge in [0, 0.05) is 43.9 Å². The summed E-state index contributed by atoms with van der Waals surface area (Å²) in [5, 5.41) is 2.01. The average Bonchev–Trinajstić information content (AvgIpc) is 2.85. The number of halogens is 2. The van der Waals surface area contributed by atoms with Gasteiger partial charge in [-0.05, 0) is 57.0 Å². The molecule has 1 saturated heterocycles. The Morgan fingerprint density at radius 3 is 2.47 bits per heavy atom. The van der Waals surface area contributed by atoms with Crippen molar-refractivity contribution in [2.45, 2.75) is 51.3 Å². The molecule has 2 N–H and O–H groups in total. The zero-order valence-electron chi connectivity index (χ0n) is 21.0. The van der Waals surface area contributed by atoms with E-state index in [9.17, 15) is 4.79 Å². The molecule has 4 rings (SSSR count). The molecular weight excluding hydrogens is 497 g/mol. The fourth-order valence-electron chi connectivity index (χ4n) is 4.67. The van der Waals surface area contributed by atoms with E-state index in [1.165, 1.54) is 0 Å². The van der Waals surface area contributed by atoms with E-state index >= 15 is 0 Å². The molecule has 1 aliphatic heterocycles. The van der Waals surface area contributed by atoms with Crippen LogP contribution >= 0.6 is 23.2 Å². The molecular formula is C27H33Cl2N5O2. The van der Waals surface area contributed by atoms with Gasteiger partial charge >= 0.3 is 5.97 Å². The minimum absolute atomic E-state index is 0.112. The number of carbonyl (C=O) groups is 1. The summed E-state index contributed by atoms with van der Waals surface area (Å²) < 4.78 is 5.53. The standard InChI is InChI=1S/C27H33Cl2N5O2/c1-27(2,3)36-24(35)11-9-19(18-8-10-21(28)22(29)16-18)25(30)33-12-14-34(15-13-33)26-20-6-4-5-7-23(20)31-17-32-26/h4-8,10,16-17,19,25H,9,11-15,30H2,1-3H3. The molecule has 2 aromatic carbocycles. The Balaban J connectivity index is 1.48. The van der Waals surface area contributed by atoms with E-state index in [-0.39, 0.29) is 24.5 Å². The molecule has 2 unspecified atom stereocenters. The normalized spacial score (nSPS) is 16.7. The van der Waals surface area contributed by atoms with Crippen LogP contribution in [0.4, 0.5) is 5.82 Å². The van der Waals surface area contributed by atoms with E-state index in [1.54, 1.807) is 12.4 Å². The van der Waals surface area contributed by atoms with Gasteiger partial charge in [0.25, 0.3) is 0 Å². The fraction of sp³-hybridized carbons (Fsp3) is 0.444. The lowest BCUT2D eigenvalue weighted by atomic mass is 9.90. The first kappa shape index (κ1) is 26.6. The number of benzene rings is 2. The van der Waals surface area contributed by atoms with Crippen molar-refractivity contribution in [3.05, 3.63) is 64.4 Å². The molecule has 0 spiro atoms. The van der Waals surface area contributed by atoms with E-state index in [4.69, 9.17) is 33.7 Å². The zero-order valence-corrected chi connectivity index (χ0v) is 22.5. The lowest BCUT2D eigenvalue weighted by molar-refractivity contribution is -0.155. The molecule has 2 heterocycles. The minimum Gasteiger partial charge on any atom is -0.460 e. The molecule has 0 saturated carbocycles. The highest BCUT2D eigenvalue weighted by Gasteiger charge is 2.30. The molecule has 3 aromatic rings.